The minimum atomic E-state index is -4.45. The summed E-state index contributed by atoms with van der Waals surface area (Å²) in [6, 6.07) is 33.4. The van der Waals surface area contributed by atoms with Crippen LogP contribution in [-0.2, 0) is 23.9 Å². The monoisotopic (exact) mass is 1290 g/mol. The molecule has 2 saturated carbocycles. The van der Waals surface area contributed by atoms with Gasteiger partial charge in [-0.05, 0) is 143 Å². The predicted octanol–water partition coefficient (Wildman–Crippen LogP) is 14.7. The van der Waals surface area contributed by atoms with Gasteiger partial charge >= 0.3 is 12.4 Å². The number of nitriles is 3. The van der Waals surface area contributed by atoms with Gasteiger partial charge in [0, 0.05) is 74.8 Å². The van der Waals surface area contributed by atoms with E-state index in [-0.39, 0.29) is 36.5 Å². The van der Waals surface area contributed by atoms with Crippen molar-refractivity contribution in [2.45, 2.75) is 115 Å². The first kappa shape index (κ1) is 59.9. The van der Waals surface area contributed by atoms with Crippen molar-refractivity contribution < 1.29 is 26.3 Å². The Morgan fingerprint density at radius 2 is 0.966 bits per heavy atom. The van der Waals surface area contributed by atoms with Crippen molar-refractivity contribution in [1.29, 1.82) is 15.8 Å². The normalized spacial score (nSPS) is 15.2. The van der Waals surface area contributed by atoms with E-state index in [0.717, 1.165) is 73.6 Å². The minimum Gasteiger partial charge on any atom is -0.383 e. The number of hydrogen-bond donors (Lipinski definition) is 2. The Bertz CT molecular complexity index is 4400. The van der Waals surface area contributed by atoms with Crippen LogP contribution in [0.25, 0.3) is 43.6 Å². The molecule has 22 heteroatoms. The number of alkyl halides is 6. The fourth-order valence-corrected chi connectivity index (χ4v) is 12.0. The molecule has 0 amide bonds. The highest BCUT2D eigenvalue weighted by molar-refractivity contribution is 14.1. The van der Waals surface area contributed by atoms with Crippen molar-refractivity contribution >= 4 is 77.6 Å². The molecule has 12 rings (SSSR count). The van der Waals surface area contributed by atoms with Gasteiger partial charge in [-0.25, -0.2) is 9.36 Å². The molecule has 0 bridgehead atoms. The van der Waals surface area contributed by atoms with Crippen LogP contribution in [0.1, 0.15) is 129 Å². The molecule has 0 unspecified atom stereocenters. The largest absolute Gasteiger partial charge is 0.413 e. The predicted molar refractivity (Wildman–Crippen MR) is 327 cm³/mol. The van der Waals surface area contributed by atoms with Gasteiger partial charge in [0.25, 0.3) is 0 Å². The van der Waals surface area contributed by atoms with Gasteiger partial charge in [0.05, 0.1) is 73.9 Å². The van der Waals surface area contributed by atoms with Crippen molar-refractivity contribution in [2.24, 2.45) is 10.8 Å². The first-order valence-electron chi connectivity index (χ1n) is 28.3. The van der Waals surface area contributed by atoms with E-state index in [4.69, 9.17) is 0 Å². The van der Waals surface area contributed by atoms with Gasteiger partial charge in [-0.15, -0.1) is 10.2 Å². The molecule has 2 aliphatic carbocycles. The number of fused-ring (bicyclic) bond motifs is 4. The zero-order valence-electron chi connectivity index (χ0n) is 48.3. The maximum absolute atomic E-state index is 14.0. The van der Waals surface area contributed by atoms with Crippen LogP contribution in [0.15, 0.2) is 122 Å². The number of benzene rings is 4. The molecule has 0 radical (unpaired) electrons. The van der Waals surface area contributed by atoms with Gasteiger partial charge in [-0.3, -0.25) is 19.9 Å². The van der Waals surface area contributed by atoms with Crippen molar-refractivity contribution in [3.05, 3.63) is 176 Å². The smallest absolute Gasteiger partial charge is 0.383 e. The van der Waals surface area contributed by atoms with Gasteiger partial charge < -0.3 is 10.6 Å². The highest BCUT2D eigenvalue weighted by Gasteiger charge is 2.67. The zero-order valence-corrected chi connectivity index (χ0v) is 50.5. The molecule has 2 fully saturated rings. The summed E-state index contributed by atoms with van der Waals surface area (Å²) in [7, 11) is 0. The second-order valence-electron chi connectivity index (χ2n) is 24.9. The molecule has 4 aromatic carbocycles. The molecule has 0 aliphatic heterocycles. The van der Waals surface area contributed by atoms with E-state index in [1.54, 1.807) is 24.7 Å². The number of halogens is 7. The summed E-state index contributed by atoms with van der Waals surface area (Å²) in [6.07, 6.45) is 1.09. The molecule has 2 aliphatic rings. The Labute approximate surface area is 511 Å². The second-order valence-corrected chi connectivity index (χ2v) is 26.0. The van der Waals surface area contributed by atoms with Crippen LogP contribution in [-0.4, -0.2) is 75.4 Å². The molecule has 0 spiro atoms. The van der Waals surface area contributed by atoms with Crippen molar-refractivity contribution in [3.8, 4) is 18.2 Å². The molecule has 87 heavy (non-hydrogen) atoms. The lowest BCUT2D eigenvalue weighted by molar-refractivity contribution is -0.183. The first-order valence-corrected chi connectivity index (χ1v) is 29.3. The summed E-state index contributed by atoms with van der Waals surface area (Å²) < 4.78 is 86.7. The van der Waals surface area contributed by atoms with E-state index in [1.807, 2.05) is 78.9 Å². The molecule has 15 nitrogen and oxygen atoms in total. The quantitative estimate of drug-likeness (QED) is 0.0768. The van der Waals surface area contributed by atoms with E-state index in [2.05, 4.69) is 134 Å². The van der Waals surface area contributed by atoms with E-state index in [1.165, 1.54) is 18.6 Å². The standard InChI is InChI=1S/C33H29F3N8.C32H29F3IN7/c1-31(2,3)19-41-30-22(16-38)17-40-29-21(15-37)12-20(14-26(29)30)13-25(23-6-4-8-27-24(23)7-5-11-39-27)28-18-44(43-42-28)32(9-10-32)33(34,35)36;1-30(2,3)18-40-28-20(15-37)16-39-29-24(28)13-19(14-25(29)36)12-23(21-6-4-8-26-22(21)7-5-11-38-26)27-17-43(42-41-27)31(9-10-31)32(33,34)35/h4-8,11-12,14,17-18,25H,9-10,13,19H2,1-3H3,(H,40,41);4-8,11,13-14,16-17,23H,9-10,12,18H2,1-3H3,(H,39,40)/t25-;23-/m00/s1. The minimum absolute atomic E-state index is 0.0103. The maximum Gasteiger partial charge on any atom is 0.413 e. The third-order valence-electron chi connectivity index (χ3n) is 16.1. The average Bonchev–Trinajstić information content (AvgIpc) is 1.65. The van der Waals surface area contributed by atoms with Gasteiger partial charge in [0.1, 0.15) is 18.2 Å². The molecular formula is C65H58F6IN15. The number of nitrogens with zero attached hydrogens (tertiary/aromatic N) is 13. The van der Waals surface area contributed by atoms with Crippen LogP contribution in [0, 0.1) is 48.4 Å². The van der Waals surface area contributed by atoms with Crippen LogP contribution in [0.3, 0.4) is 0 Å². The summed E-state index contributed by atoms with van der Waals surface area (Å²) in [5.41, 5.74) is 5.30. The van der Waals surface area contributed by atoms with Crippen molar-refractivity contribution in [2.75, 3.05) is 23.7 Å². The lowest BCUT2D eigenvalue weighted by Crippen LogP contribution is -2.35. The maximum atomic E-state index is 14.0. The summed E-state index contributed by atoms with van der Waals surface area (Å²) in [5.74, 6) is -0.917. The molecule has 6 heterocycles. The zero-order chi connectivity index (χ0) is 61.8. The van der Waals surface area contributed by atoms with Gasteiger partial charge in [0.15, 0.2) is 11.1 Å². The molecule has 10 aromatic rings. The number of hydrogen-bond acceptors (Lipinski definition) is 13. The number of aromatic nitrogens is 10. The molecule has 442 valence electrons. The number of nitrogens with one attached hydrogen (secondary N) is 2. The number of anilines is 2. The summed E-state index contributed by atoms with van der Waals surface area (Å²) in [6.45, 7) is 13.8. The van der Waals surface area contributed by atoms with Gasteiger partial charge in [0.2, 0.25) is 0 Å². The third kappa shape index (κ3) is 11.9. The molecular weight excluding hydrogens is 1230 g/mol. The lowest BCUT2D eigenvalue weighted by Gasteiger charge is -2.22. The summed E-state index contributed by atoms with van der Waals surface area (Å²) >= 11 is 2.25. The first-order chi connectivity index (χ1) is 41.3. The Kier molecular flexibility index (Phi) is 15.7. The van der Waals surface area contributed by atoms with E-state index in [9.17, 15) is 42.1 Å². The summed E-state index contributed by atoms with van der Waals surface area (Å²) in [5, 5.41) is 56.5. The Hall–Kier alpha value is -8.82. The van der Waals surface area contributed by atoms with Crippen LogP contribution in [0.2, 0.25) is 0 Å². The van der Waals surface area contributed by atoms with E-state index in [0.29, 0.717) is 70.6 Å². The second kappa shape index (κ2) is 22.8. The van der Waals surface area contributed by atoms with Crippen LogP contribution in [0.5, 0.6) is 0 Å². The topological polar surface area (TPSA) is 208 Å². The van der Waals surface area contributed by atoms with Gasteiger partial charge in [-0.2, -0.15) is 42.1 Å². The molecule has 6 aromatic heterocycles. The Balaban J connectivity index is 0.000000180. The van der Waals surface area contributed by atoms with Crippen LogP contribution >= 0.6 is 22.6 Å². The fourth-order valence-electron chi connectivity index (χ4n) is 11.2. The lowest BCUT2D eigenvalue weighted by atomic mass is 9.86. The molecule has 2 atom stereocenters. The average molecular weight is 1290 g/mol. The highest BCUT2D eigenvalue weighted by Crippen LogP contribution is 2.56. The SMILES string of the molecule is CC(C)(C)CNc1c(C#N)cnc2c(C#N)cc(C[C@H](c3cn(C4(C(F)(F)F)CC4)nn3)c3cccc4ncccc34)cc12.CC(C)(C)CNc1c(C#N)cnc2c(I)cc(C[C@H](c3cn(C4(C(F)(F)F)CC4)nn3)c3cccc4ncccc34)cc12. The summed E-state index contributed by atoms with van der Waals surface area (Å²) in [4.78, 5) is 18.0. The number of rotatable bonds is 14. The molecule has 2 N–H and O–H groups in total. The van der Waals surface area contributed by atoms with Crippen LogP contribution in [0.4, 0.5) is 37.7 Å². The van der Waals surface area contributed by atoms with Crippen LogP contribution < -0.4 is 10.6 Å². The van der Waals surface area contributed by atoms with Crippen molar-refractivity contribution in [3.63, 3.8) is 0 Å². The third-order valence-corrected chi connectivity index (χ3v) is 16.9. The van der Waals surface area contributed by atoms with Crippen molar-refractivity contribution in [1.82, 2.24) is 49.9 Å². The highest BCUT2D eigenvalue weighted by atomic mass is 127. The Morgan fingerprint density at radius 3 is 1.38 bits per heavy atom. The number of pyridine rings is 4. The van der Waals surface area contributed by atoms with Gasteiger partial charge in [-0.1, -0.05) is 88.4 Å². The van der Waals surface area contributed by atoms with E-state index < -0.39 is 35.3 Å². The molecule has 0 saturated heterocycles. The Morgan fingerprint density at radius 1 is 0.540 bits per heavy atom. The fraction of sp³-hybridized carbons (Fsp3) is 0.338. The van der Waals surface area contributed by atoms with E-state index >= 15 is 0 Å².